The van der Waals surface area contributed by atoms with Crippen molar-refractivity contribution in [3.05, 3.63) is 64.3 Å². The quantitative estimate of drug-likeness (QED) is 0.570. The fraction of sp³-hybridized carbons (Fsp3) is 0. The van der Waals surface area contributed by atoms with E-state index < -0.39 is 10.8 Å². The summed E-state index contributed by atoms with van der Waals surface area (Å²) in [5.74, 6) is -0.604. The molecule has 1 aromatic heterocycles. The highest BCUT2D eigenvalue weighted by Gasteiger charge is 2.19. The van der Waals surface area contributed by atoms with Crippen LogP contribution in [0.15, 0.2) is 48.5 Å². The molecular formula is C15H11N3O3. The van der Waals surface area contributed by atoms with E-state index in [1.165, 1.54) is 12.1 Å². The number of aromatic amines is 1. The van der Waals surface area contributed by atoms with Crippen LogP contribution in [0.1, 0.15) is 10.5 Å². The minimum atomic E-state index is -0.604. The average Bonchev–Trinajstić information content (AvgIpc) is 2.86. The van der Waals surface area contributed by atoms with E-state index in [1.807, 2.05) is 30.3 Å². The number of fused-ring (bicyclic) bond motifs is 1. The van der Waals surface area contributed by atoms with Crippen molar-refractivity contribution >= 4 is 22.5 Å². The predicted octanol–water partition coefficient (Wildman–Crippen LogP) is 2.84. The third kappa shape index (κ3) is 2.12. The number of hydrogen-bond acceptors (Lipinski definition) is 3. The van der Waals surface area contributed by atoms with Crippen molar-refractivity contribution in [1.82, 2.24) is 4.98 Å². The molecule has 3 N–H and O–H groups in total. The van der Waals surface area contributed by atoms with Gasteiger partial charge in [0.25, 0.3) is 11.6 Å². The fourth-order valence-corrected chi connectivity index (χ4v) is 2.38. The molecule has 0 spiro atoms. The van der Waals surface area contributed by atoms with Crippen molar-refractivity contribution in [1.29, 1.82) is 0 Å². The van der Waals surface area contributed by atoms with Crippen molar-refractivity contribution in [2.75, 3.05) is 0 Å². The van der Waals surface area contributed by atoms with Gasteiger partial charge in [0.1, 0.15) is 5.69 Å². The summed E-state index contributed by atoms with van der Waals surface area (Å²) in [6.07, 6.45) is 0. The molecule has 0 aliphatic rings. The van der Waals surface area contributed by atoms with Crippen molar-refractivity contribution in [2.45, 2.75) is 0 Å². The van der Waals surface area contributed by atoms with Crippen molar-refractivity contribution in [3.63, 3.8) is 0 Å². The maximum absolute atomic E-state index is 11.6. The molecule has 3 rings (SSSR count). The molecule has 6 nitrogen and oxygen atoms in total. The zero-order valence-corrected chi connectivity index (χ0v) is 10.9. The van der Waals surface area contributed by atoms with E-state index >= 15 is 0 Å². The first kappa shape index (κ1) is 12.9. The van der Waals surface area contributed by atoms with Crippen LogP contribution in [0.2, 0.25) is 0 Å². The van der Waals surface area contributed by atoms with Gasteiger partial charge in [0.05, 0.1) is 4.92 Å². The second-order valence-corrected chi connectivity index (χ2v) is 4.59. The number of nitro benzene ring substituents is 1. The lowest BCUT2D eigenvalue weighted by Crippen LogP contribution is -2.12. The van der Waals surface area contributed by atoms with E-state index in [2.05, 4.69) is 4.98 Å². The lowest BCUT2D eigenvalue weighted by molar-refractivity contribution is -0.384. The molecule has 0 saturated carbocycles. The summed E-state index contributed by atoms with van der Waals surface area (Å²) in [5, 5.41) is 11.5. The number of aromatic nitrogens is 1. The smallest absolute Gasteiger partial charge is 0.270 e. The number of nitrogens with two attached hydrogens (primary N) is 1. The van der Waals surface area contributed by atoms with Crippen LogP contribution in [0.5, 0.6) is 0 Å². The Hall–Kier alpha value is -3.15. The number of nitrogens with zero attached hydrogens (tertiary/aromatic N) is 1. The van der Waals surface area contributed by atoms with Crippen molar-refractivity contribution in [3.8, 4) is 11.1 Å². The van der Waals surface area contributed by atoms with Crippen LogP contribution in [0.3, 0.4) is 0 Å². The zero-order valence-electron chi connectivity index (χ0n) is 10.9. The first-order valence-electron chi connectivity index (χ1n) is 6.23. The third-order valence-corrected chi connectivity index (χ3v) is 3.30. The molecule has 1 heterocycles. The monoisotopic (exact) mass is 281 g/mol. The van der Waals surface area contributed by atoms with Gasteiger partial charge in [0, 0.05) is 28.6 Å². The van der Waals surface area contributed by atoms with Gasteiger partial charge in [-0.3, -0.25) is 14.9 Å². The van der Waals surface area contributed by atoms with Gasteiger partial charge in [0.15, 0.2) is 0 Å². The van der Waals surface area contributed by atoms with E-state index in [1.54, 1.807) is 6.07 Å². The Labute approximate surface area is 119 Å². The molecular weight excluding hydrogens is 270 g/mol. The molecule has 1 amide bonds. The van der Waals surface area contributed by atoms with Crippen LogP contribution >= 0.6 is 0 Å². The van der Waals surface area contributed by atoms with E-state index in [-0.39, 0.29) is 11.4 Å². The van der Waals surface area contributed by atoms with Gasteiger partial charge in [-0.05, 0) is 11.6 Å². The van der Waals surface area contributed by atoms with Gasteiger partial charge in [-0.1, -0.05) is 30.3 Å². The van der Waals surface area contributed by atoms with E-state index in [0.717, 1.165) is 5.56 Å². The largest absolute Gasteiger partial charge is 0.364 e. The number of nitro groups is 1. The first-order chi connectivity index (χ1) is 10.1. The second kappa shape index (κ2) is 4.75. The SMILES string of the molecule is NC(=O)c1[nH]c2ccc([N+](=O)[O-])cc2c1-c1ccccc1. The molecule has 0 unspecified atom stereocenters. The number of nitrogens with one attached hydrogen (secondary N) is 1. The average molecular weight is 281 g/mol. The van der Waals surface area contributed by atoms with Crippen LogP contribution in [0.25, 0.3) is 22.0 Å². The summed E-state index contributed by atoms with van der Waals surface area (Å²) < 4.78 is 0. The van der Waals surface area contributed by atoms with Crippen LogP contribution in [0, 0.1) is 10.1 Å². The highest BCUT2D eigenvalue weighted by molar-refractivity contribution is 6.09. The lowest BCUT2D eigenvalue weighted by atomic mass is 10.0. The maximum Gasteiger partial charge on any atom is 0.270 e. The van der Waals surface area contributed by atoms with E-state index in [0.29, 0.717) is 16.5 Å². The number of carbonyl (C=O) groups is 1. The predicted molar refractivity (Wildman–Crippen MR) is 78.9 cm³/mol. The van der Waals surface area contributed by atoms with Crippen molar-refractivity contribution < 1.29 is 9.72 Å². The number of amides is 1. The summed E-state index contributed by atoms with van der Waals surface area (Å²) in [4.78, 5) is 25.0. The van der Waals surface area contributed by atoms with Gasteiger partial charge in [-0.2, -0.15) is 0 Å². The first-order valence-corrected chi connectivity index (χ1v) is 6.23. The molecule has 2 aromatic carbocycles. The summed E-state index contributed by atoms with van der Waals surface area (Å²) in [6, 6.07) is 13.6. The molecule has 104 valence electrons. The third-order valence-electron chi connectivity index (χ3n) is 3.30. The lowest BCUT2D eigenvalue weighted by Gasteiger charge is -2.02. The second-order valence-electron chi connectivity index (χ2n) is 4.59. The highest BCUT2D eigenvalue weighted by Crippen LogP contribution is 2.34. The normalized spacial score (nSPS) is 10.7. The molecule has 0 atom stereocenters. The Morgan fingerprint density at radius 3 is 2.48 bits per heavy atom. The summed E-state index contributed by atoms with van der Waals surface area (Å²) >= 11 is 0. The van der Waals surface area contributed by atoms with Crippen LogP contribution in [-0.2, 0) is 0 Å². The number of non-ortho nitro benzene ring substituents is 1. The minimum absolute atomic E-state index is 0.0327. The van der Waals surface area contributed by atoms with Gasteiger partial charge in [-0.15, -0.1) is 0 Å². The van der Waals surface area contributed by atoms with Crippen LogP contribution in [0.4, 0.5) is 5.69 Å². The Balaban J connectivity index is 2.37. The Bertz CT molecular complexity index is 853. The minimum Gasteiger partial charge on any atom is -0.364 e. The number of benzene rings is 2. The molecule has 0 bridgehead atoms. The molecule has 0 aliphatic carbocycles. The fourth-order valence-electron chi connectivity index (χ4n) is 2.38. The molecule has 0 fully saturated rings. The van der Waals surface area contributed by atoms with Crippen LogP contribution < -0.4 is 5.73 Å². The van der Waals surface area contributed by atoms with Gasteiger partial charge in [-0.25, -0.2) is 0 Å². The topological polar surface area (TPSA) is 102 Å². The summed E-state index contributed by atoms with van der Waals surface area (Å²) in [7, 11) is 0. The number of primary amides is 1. The number of hydrogen-bond donors (Lipinski definition) is 2. The Morgan fingerprint density at radius 2 is 1.86 bits per heavy atom. The maximum atomic E-state index is 11.6. The molecule has 6 heteroatoms. The Kier molecular flexibility index (Phi) is 2.91. The molecule has 3 aromatic rings. The van der Waals surface area contributed by atoms with Gasteiger partial charge in [0.2, 0.25) is 0 Å². The Morgan fingerprint density at radius 1 is 1.14 bits per heavy atom. The summed E-state index contributed by atoms with van der Waals surface area (Å²) in [6.45, 7) is 0. The molecule has 21 heavy (non-hydrogen) atoms. The van der Waals surface area contributed by atoms with E-state index in [4.69, 9.17) is 5.73 Å². The van der Waals surface area contributed by atoms with Gasteiger partial charge >= 0.3 is 0 Å². The van der Waals surface area contributed by atoms with Crippen LogP contribution in [-0.4, -0.2) is 15.8 Å². The van der Waals surface area contributed by atoms with Crippen molar-refractivity contribution in [2.24, 2.45) is 5.73 Å². The van der Waals surface area contributed by atoms with Gasteiger partial charge < -0.3 is 10.7 Å². The molecule has 0 saturated heterocycles. The number of H-pyrrole nitrogens is 1. The summed E-state index contributed by atoms with van der Waals surface area (Å²) in [5.41, 5.74) is 7.62. The highest BCUT2D eigenvalue weighted by atomic mass is 16.6. The standard InChI is InChI=1S/C15H11N3O3/c16-15(19)14-13(9-4-2-1-3-5-9)11-8-10(18(20)21)6-7-12(11)17-14/h1-8,17H,(H2,16,19). The molecule has 0 aliphatic heterocycles. The number of rotatable bonds is 3. The zero-order chi connectivity index (χ0) is 15.0. The molecule has 0 radical (unpaired) electrons. The number of carbonyl (C=O) groups excluding carboxylic acids is 1. The van der Waals surface area contributed by atoms with E-state index in [9.17, 15) is 14.9 Å².